The monoisotopic (exact) mass is 161 g/mol. The summed E-state index contributed by atoms with van der Waals surface area (Å²) in [6, 6.07) is 0. The molecule has 1 aromatic heterocycles. The highest BCUT2D eigenvalue weighted by Crippen LogP contribution is 2.34. The standard InChI is InChI=1S/C9H11N3/c1-2-9(5-3-4-6-9)12-8-7-10-11-12/h1,7-8H,3-6H2. The Bertz CT molecular complexity index is 288. The first kappa shape index (κ1) is 7.35. The first-order valence-corrected chi connectivity index (χ1v) is 4.22. The number of rotatable bonds is 1. The molecule has 0 bridgehead atoms. The Kier molecular flexibility index (Phi) is 1.61. The molecule has 3 heteroatoms. The fraction of sp³-hybridized carbons (Fsp3) is 0.556. The van der Waals surface area contributed by atoms with Gasteiger partial charge in [0.1, 0.15) is 5.54 Å². The molecule has 0 spiro atoms. The van der Waals surface area contributed by atoms with Crippen LogP contribution in [0.4, 0.5) is 0 Å². The highest BCUT2D eigenvalue weighted by molar-refractivity contribution is 5.12. The Morgan fingerprint density at radius 3 is 2.67 bits per heavy atom. The van der Waals surface area contributed by atoms with Gasteiger partial charge in [0.15, 0.2) is 0 Å². The second kappa shape index (κ2) is 2.63. The molecule has 1 aliphatic carbocycles. The SMILES string of the molecule is C#CC1(n2ccnn2)CCCC1. The smallest absolute Gasteiger partial charge is 0.124 e. The van der Waals surface area contributed by atoms with Crippen LogP contribution in [0.1, 0.15) is 25.7 Å². The molecule has 0 unspecified atom stereocenters. The summed E-state index contributed by atoms with van der Waals surface area (Å²) >= 11 is 0. The van der Waals surface area contributed by atoms with Crippen molar-refractivity contribution in [3.8, 4) is 12.3 Å². The van der Waals surface area contributed by atoms with Gasteiger partial charge in [0.2, 0.25) is 0 Å². The molecule has 2 rings (SSSR count). The Hall–Kier alpha value is -1.30. The zero-order chi connectivity index (χ0) is 8.44. The maximum absolute atomic E-state index is 5.52. The van der Waals surface area contributed by atoms with Crippen molar-refractivity contribution in [1.82, 2.24) is 15.0 Å². The van der Waals surface area contributed by atoms with Crippen molar-refractivity contribution >= 4 is 0 Å². The number of hydrogen-bond donors (Lipinski definition) is 0. The minimum Gasteiger partial charge on any atom is -0.234 e. The molecular formula is C9H11N3. The molecule has 0 saturated heterocycles. The van der Waals surface area contributed by atoms with E-state index in [4.69, 9.17) is 6.42 Å². The van der Waals surface area contributed by atoms with Gasteiger partial charge in [0.05, 0.1) is 6.20 Å². The molecule has 1 aromatic rings. The van der Waals surface area contributed by atoms with Crippen LogP contribution in [0.25, 0.3) is 0 Å². The average Bonchev–Trinajstić information content (AvgIpc) is 2.76. The van der Waals surface area contributed by atoms with Crippen molar-refractivity contribution in [2.24, 2.45) is 0 Å². The lowest BCUT2D eigenvalue weighted by Crippen LogP contribution is -2.28. The van der Waals surface area contributed by atoms with E-state index in [-0.39, 0.29) is 5.54 Å². The van der Waals surface area contributed by atoms with E-state index in [2.05, 4.69) is 16.2 Å². The molecular weight excluding hydrogens is 150 g/mol. The van der Waals surface area contributed by atoms with Crippen LogP contribution in [-0.2, 0) is 5.54 Å². The van der Waals surface area contributed by atoms with Gasteiger partial charge < -0.3 is 0 Å². The molecule has 1 saturated carbocycles. The van der Waals surface area contributed by atoms with Crippen LogP contribution < -0.4 is 0 Å². The summed E-state index contributed by atoms with van der Waals surface area (Å²) in [5, 5.41) is 7.74. The third-order valence-corrected chi connectivity index (χ3v) is 2.56. The molecule has 3 nitrogen and oxygen atoms in total. The molecule has 0 radical (unpaired) electrons. The quantitative estimate of drug-likeness (QED) is 0.579. The summed E-state index contributed by atoms with van der Waals surface area (Å²) in [7, 11) is 0. The topological polar surface area (TPSA) is 30.7 Å². The molecule has 12 heavy (non-hydrogen) atoms. The Morgan fingerprint density at radius 1 is 1.42 bits per heavy atom. The van der Waals surface area contributed by atoms with Gasteiger partial charge in [-0.3, -0.25) is 0 Å². The Morgan fingerprint density at radius 2 is 2.17 bits per heavy atom. The van der Waals surface area contributed by atoms with E-state index in [9.17, 15) is 0 Å². The number of hydrogen-bond acceptors (Lipinski definition) is 2. The van der Waals surface area contributed by atoms with Gasteiger partial charge in [-0.25, -0.2) is 4.68 Å². The number of terminal acetylenes is 1. The van der Waals surface area contributed by atoms with Crippen LogP contribution >= 0.6 is 0 Å². The summed E-state index contributed by atoms with van der Waals surface area (Å²) in [5.74, 6) is 2.84. The second-order valence-corrected chi connectivity index (χ2v) is 3.23. The summed E-state index contributed by atoms with van der Waals surface area (Å²) in [5.41, 5.74) is -0.170. The lowest BCUT2D eigenvalue weighted by Gasteiger charge is -2.21. The molecule has 1 heterocycles. The van der Waals surface area contributed by atoms with Gasteiger partial charge in [-0.05, 0) is 25.7 Å². The summed E-state index contributed by atoms with van der Waals surface area (Å²) in [4.78, 5) is 0. The van der Waals surface area contributed by atoms with Crippen molar-refractivity contribution in [2.45, 2.75) is 31.2 Å². The van der Waals surface area contributed by atoms with Crippen LogP contribution in [-0.4, -0.2) is 15.0 Å². The van der Waals surface area contributed by atoms with Gasteiger partial charge >= 0.3 is 0 Å². The zero-order valence-electron chi connectivity index (χ0n) is 6.90. The van der Waals surface area contributed by atoms with Crippen molar-refractivity contribution < 1.29 is 0 Å². The number of nitrogens with zero attached hydrogens (tertiary/aromatic N) is 3. The van der Waals surface area contributed by atoms with Crippen molar-refractivity contribution in [3.05, 3.63) is 12.4 Å². The van der Waals surface area contributed by atoms with E-state index in [0.29, 0.717) is 0 Å². The maximum atomic E-state index is 5.52. The molecule has 0 N–H and O–H groups in total. The van der Waals surface area contributed by atoms with Crippen LogP contribution in [0.5, 0.6) is 0 Å². The summed E-state index contributed by atoms with van der Waals surface area (Å²) in [6.07, 6.45) is 13.5. The largest absolute Gasteiger partial charge is 0.234 e. The van der Waals surface area contributed by atoms with Gasteiger partial charge in [-0.2, -0.15) is 0 Å². The predicted octanol–water partition coefficient (Wildman–Crippen LogP) is 1.18. The highest BCUT2D eigenvalue weighted by atomic mass is 15.4. The molecule has 1 aliphatic rings. The van der Waals surface area contributed by atoms with Crippen LogP contribution in [0.2, 0.25) is 0 Å². The zero-order valence-corrected chi connectivity index (χ0v) is 6.90. The van der Waals surface area contributed by atoms with E-state index >= 15 is 0 Å². The van der Waals surface area contributed by atoms with Gasteiger partial charge in [-0.1, -0.05) is 11.1 Å². The fourth-order valence-electron chi connectivity index (χ4n) is 1.84. The van der Waals surface area contributed by atoms with Crippen molar-refractivity contribution in [2.75, 3.05) is 0 Å². The van der Waals surface area contributed by atoms with Gasteiger partial charge in [-0.15, -0.1) is 11.5 Å². The molecule has 62 valence electrons. The molecule has 0 atom stereocenters. The third kappa shape index (κ3) is 0.918. The third-order valence-electron chi connectivity index (χ3n) is 2.56. The normalized spacial score (nSPS) is 20.6. The van der Waals surface area contributed by atoms with Crippen LogP contribution in [0.15, 0.2) is 12.4 Å². The Balaban J connectivity index is 2.36. The minimum absolute atomic E-state index is 0.170. The van der Waals surface area contributed by atoms with E-state index in [1.165, 1.54) is 12.8 Å². The first-order valence-electron chi connectivity index (χ1n) is 4.22. The Labute approximate surface area is 71.8 Å². The van der Waals surface area contributed by atoms with E-state index in [1.807, 2.05) is 10.9 Å². The first-order chi connectivity index (χ1) is 5.87. The van der Waals surface area contributed by atoms with Gasteiger partial charge in [0.25, 0.3) is 0 Å². The van der Waals surface area contributed by atoms with Gasteiger partial charge in [0, 0.05) is 6.20 Å². The second-order valence-electron chi connectivity index (χ2n) is 3.23. The van der Waals surface area contributed by atoms with E-state index in [1.54, 1.807) is 6.20 Å². The molecule has 0 aromatic carbocycles. The van der Waals surface area contributed by atoms with Crippen molar-refractivity contribution in [3.63, 3.8) is 0 Å². The molecule has 1 fully saturated rings. The fourth-order valence-corrected chi connectivity index (χ4v) is 1.84. The summed E-state index contributed by atoms with van der Waals surface area (Å²) < 4.78 is 1.82. The average molecular weight is 161 g/mol. The molecule has 0 aliphatic heterocycles. The summed E-state index contributed by atoms with van der Waals surface area (Å²) in [6.45, 7) is 0. The lowest BCUT2D eigenvalue weighted by atomic mass is 10.00. The van der Waals surface area contributed by atoms with Crippen LogP contribution in [0, 0.1) is 12.3 Å². The lowest BCUT2D eigenvalue weighted by molar-refractivity contribution is 0.352. The highest BCUT2D eigenvalue weighted by Gasteiger charge is 2.34. The van der Waals surface area contributed by atoms with E-state index < -0.39 is 0 Å². The predicted molar refractivity (Wildman–Crippen MR) is 45.3 cm³/mol. The van der Waals surface area contributed by atoms with Crippen molar-refractivity contribution in [1.29, 1.82) is 0 Å². The maximum Gasteiger partial charge on any atom is 0.124 e. The molecule has 0 amide bonds. The minimum atomic E-state index is -0.170. The number of aromatic nitrogens is 3. The van der Waals surface area contributed by atoms with E-state index in [0.717, 1.165) is 12.8 Å². The van der Waals surface area contributed by atoms with Crippen LogP contribution in [0.3, 0.4) is 0 Å².